The van der Waals surface area contributed by atoms with Crippen LogP contribution >= 0.6 is 0 Å². The first kappa shape index (κ1) is 20.4. The molecule has 0 aliphatic heterocycles. The van der Waals surface area contributed by atoms with Crippen LogP contribution < -0.4 is 15.4 Å². The lowest BCUT2D eigenvalue weighted by atomic mass is 10.2. The van der Waals surface area contributed by atoms with E-state index in [2.05, 4.69) is 10.6 Å². The number of rotatable bonds is 6. The molecule has 8 nitrogen and oxygen atoms in total. The summed E-state index contributed by atoms with van der Waals surface area (Å²) >= 11 is 0. The number of carbonyl (C=O) groups excluding carboxylic acids is 2. The minimum Gasteiger partial charge on any atom is -0.497 e. The summed E-state index contributed by atoms with van der Waals surface area (Å²) in [4.78, 5) is 24.0. The van der Waals surface area contributed by atoms with Gasteiger partial charge in [-0.05, 0) is 36.4 Å². The predicted octanol–water partition coefficient (Wildman–Crippen LogP) is 2.16. The van der Waals surface area contributed by atoms with E-state index in [-0.39, 0.29) is 16.4 Å². The fourth-order valence-corrected chi connectivity index (χ4v) is 3.14. The smallest absolute Gasteiger partial charge is 0.255 e. The Labute approximate surface area is 158 Å². The lowest BCUT2D eigenvalue weighted by Gasteiger charge is -2.14. The summed E-state index contributed by atoms with van der Waals surface area (Å²) in [7, 11) is 0.785. The lowest BCUT2D eigenvalue weighted by Crippen LogP contribution is -2.22. The van der Waals surface area contributed by atoms with Crippen molar-refractivity contribution in [1.29, 1.82) is 0 Å². The molecule has 2 rings (SSSR count). The van der Waals surface area contributed by atoms with Crippen molar-refractivity contribution in [3.8, 4) is 5.75 Å². The summed E-state index contributed by atoms with van der Waals surface area (Å²) in [6.07, 6.45) is 0. The Kier molecular flexibility index (Phi) is 6.19. The molecule has 0 fully saturated rings. The molecule has 9 heteroatoms. The Hall–Kier alpha value is -2.91. The molecular weight excluding hydrogens is 370 g/mol. The Morgan fingerprint density at radius 2 is 1.59 bits per heavy atom. The summed E-state index contributed by atoms with van der Waals surface area (Å²) < 4.78 is 30.4. The van der Waals surface area contributed by atoms with Gasteiger partial charge in [-0.15, -0.1) is 0 Å². The third-order valence-corrected chi connectivity index (χ3v) is 5.51. The van der Waals surface area contributed by atoms with Crippen molar-refractivity contribution in [3.63, 3.8) is 0 Å². The molecule has 2 amide bonds. The summed E-state index contributed by atoms with van der Waals surface area (Å²) in [6, 6.07) is 10.4. The molecule has 0 aromatic heterocycles. The lowest BCUT2D eigenvalue weighted by molar-refractivity contribution is -0.114. The van der Waals surface area contributed by atoms with Crippen LogP contribution in [0.1, 0.15) is 17.3 Å². The SMILES string of the molecule is COc1ccc(NC(C)=O)c(NC(=O)c2ccc(S(=O)(=O)N(C)C)cc2)c1. The van der Waals surface area contributed by atoms with Crippen LogP contribution in [0.5, 0.6) is 5.75 Å². The molecule has 0 unspecified atom stereocenters. The van der Waals surface area contributed by atoms with Crippen molar-refractivity contribution in [3.05, 3.63) is 48.0 Å². The second-order valence-electron chi connectivity index (χ2n) is 5.86. The molecule has 2 aromatic rings. The van der Waals surface area contributed by atoms with E-state index in [1.54, 1.807) is 18.2 Å². The van der Waals surface area contributed by atoms with Crippen LogP contribution in [-0.2, 0) is 14.8 Å². The molecule has 0 saturated heterocycles. The van der Waals surface area contributed by atoms with Crippen LogP contribution in [0.3, 0.4) is 0 Å². The first-order valence-corrected chi connectivity index (χ1v) is 9.38. The minimum atomic E-state index is -3.57. The zero-order valence-electron chi connectivity index (χ0n) is 15.4. The van der Waals surface area contributed by atoms with E-state index < -0.39 is 15.9 Å². The fraction of sp³-hybridized carbons (Fsp3) is 0.222. The second kappa shape index (κ2) is 8.19. The quantitative estimate of drug-likeness (QED) is 0.785. The van der Waals surface area contributed by atoms with Gasteiger partial charge in [-0.25, -0.2) is 12.7 Å². The third-order valence-electron chi connectivity index (χ3n) is 3.68. The largest absolute Gasteiger partial charge is 0.497 e. The number of hydrogen-bond donors (Lipinski definition) is 2. The first-order valence-electron chi connectivity index (χ1n) is 7.94. The zero-order valence-corrected chi connectivity index (χ0v) is 16.3. The standard InChI is InChI=1S/C18H21N3O5S/c1-12(22)19-16-10-7-14(26-4)11-17(16)20-18(23)13-5-8-15(9-6-13)27(24,25)21(2)3/h5-11H,1-4H3,(H,19,22)(H,20,23). The van der Waals surface area contributed by atoms with Gasteiger partial charge >= 0.3 is 0 Å². The third kappa shape index (κ3) is 4.83. The number of amides is 2. The summed E-state index contributed by atoms with van der Waals surface area (Å²) in [5, 5.41) is 5.32. The van der Waals surface area contributed by atoms with Crippen LogP contribution in [0.2, 0.25) is 0 Å². The van der Waals surface area contributed by atoms with Gasteiger partial charge in [0.05, 0.1) is 23.4 Å². The van der Waals surface area contributed by atoms with Gasteiger partial charge in [0.1, 0.15) is 5.75 Å². The van der Waals surface area contributed by atoms with Crippen LogP contribution in [-0.4, -0.2) is 45.7 Å². The normalized spacial score (nSPS) is 11.1. The highest BCUT2D eigenvalue weighted by Crippen LogP contribution is 2.27. The van der Waals surface area contributed by atoms with E-state index in [1.807, 2.05) is 0 Å². The molecule has 27 heavy (non-hydrogen) atoms. The number of methoxy groups -OCH3 is 1. The predicted molar refractivity (Wildman–Crippen MR) is 103 cm³/mol. The summed E-state index contributed by atoms with van der Waals surface area (Å²) in [5.74, 6) is -0.232. The Morgan fingerprint density at radius 3 is 2.11 bits per heavy atom. The van der Waals surface area contributed by atoms with Crippen LogP contribution in [0.15, 0.2) is 47.4 Å². The number of anilines is 2. The molecule has 2 N–H and O–H groups in total. The topological polar surface area (TPSA) is 105 Å². The molecule has 0 aliphatic carbocycles. The Morgan fingerprint density at radius 1 is 0.963 bits per heavy atom. The Balaban J connectivity index is 2.28. The number of ether oxygens (including phenoxy) is 1. The van der Waals surface area contributed by atoms with Gasteiger partial charge in [-0.1, -0.05) is 0 Å². The number of benzene rings is 2. The number of carbonyl (C=O) groups is 2. The number of nitrogens with one attached hydrogen (secondary N) is 2. The van der Waals surface area contributed by atoms with Crippen molar-refractivity contribution < 1.29 is 22.7 Å². The second-order valence-corrected chi connectivity index (χ2v) is 8.01. The monoisotopic (exact) mass is 391 g/mol. The van der Waals surface area contributed by atoms with Crippen molar-refractivity contribution in [2.24, 2.45) is 0 Å². The molecule has 0 spiro atoms. The summed E-state index contributed by atoms with van der Waals surface area (Å²) in [6.45, 7) is 1.36. The maximum atomic E-state index is 12.5. The maximum absolute atomic E-state index is 12.5. The molecular formula is C18H21N3O5S. The van der Waals surface area contributed by atoms with Gasteiger partial charge in [-0.2, -0.15) is 0 Å². The van der Waals surface area contributed by atoms with E-state index in [9.17, 15) is 18.0 Å². The highest BCUT2D eigenvalue weighted by Gasteiger charge is 2.18. The molecule has 0 saturated carbocycles. The van der Waals surface area contributed by atoms with Gasteiger partial charge in [0.25, 0.3) is 5.91 Å². The van der Waals surface area contributed by atoms with Crippen LogP contribution in [0, 0.1) is 0 Å². The van der Waals surface area contributed by atoms with Crippen molar-refractivity contribution in [2.75, 3.05) is 31.8 Å². The maximum Gasteiger partial charge on any atom is 0.255 e. The zero-order chi connectivity index (χ0) is 20.2. The van der Waals surface area contributed by atoms with E-state index >= 15 is 0 Å². The van der Waals surface area contributed by atoms with Gasteiger partial charge in [-0.3, -0.25) is 9.59 Å². The fourth-order valence-electron chi connectivity index (χ4n) is 2.24. The van der Waals surface area contributed by atoms with E-state index in [0.29, 0.717) is 17.1 Å². The van der Waals surface area contributed by atoms with E-state index in [1.165, 1.54) is 52.4 Å². The van der Waals surface area contributed by atoms with Crippen LogP contribution in [0.4, 0.5) is 11.4 Å². The molecule has 2 aromatic carbocycles. The van der Waals surface area contributed by atoms with E-state index in [0.717, 1.165) is 4.31 Å². The highest BCUT2D eigenvalue weighted by atomic mass is 32.2. The molecule has 0 aliphatic rings. The van der Waals surface area contributed by atoms with Gasteiger partial charge < -0.3 is 15.4 Å². The van der Waals surface area contributed by atoms with Gasteiger partial charge in [0.15, 0.2) is 0 Å². The first-order chi connectivity index (χ1) is 12.6. The average molecular weight is 391 g/mol. The molecule has 0 atom stereocenters. The number of sulfonamides is 1. The average Bonchev–Trinajstić information content (AvgIpc) is 2.62. The van der Waals surface area contributed by atoms with Gasteiger partial charge in [0, 0.05) is 32.6 Å². The number of nitrogens with zero attached hydrogens (tertiary/aromatic N) is 1. The molecule has 0 radical (unpaired) electrons. The molecule has 0 heterocycles. The molecule has 144 valence electrons. The Bertz CT molecular complexity index is 953. The number of hydrogen-bond acceptors (Lipinski definition) is 5. The molecule has 0 bridgehead atoms. The van der Waals surface area contributed by atoms with Crippen LogP contribution in [0.25, 0.3) is 0 Å². The van der Waals surface area contributed by atoms with Crippen molar-refractivity contribution in [1.82, 2.24) is 4.31 Å². The van der Waals surface area contributed by atoms with Crippen molar-refractivity contribution in [2.45, 2.75) is 11.8 Å². The van der Waals surface area contributed by atoms with Gasteiger partial charge in [0.2, 0.25) is 15.9 Å². The summed E-state index contributed by atoms with van der Waals surface area (Å²) in [5.41, 5.74) is 1.05. The van der Waals surface area contributed by atoms with Crippen molar-refractivity contribution >= 4 is 33.2 Å². The minimum absolute atomic E-state index is 0.0874. The van der Waals surface area contributed by atoms with E-state index in [4.69, 9.17) is 4.74 Å². The highest BCUT2D eigenvalue weighted by molar-refractivity contribution is 7.89.